The summed E-state index contributed by atoms with van der Waals surface area (Å²) >= 11 is 0. The first kappa shape index (κ1) is 20.2. The molecule has 1 aliphatic heterocycles. The number of imidazole rings is 1. The highest BCUT2D eigenvalue weighted by Crippen LogP contribution is 2.32. The summed E-state index contributed by atoms with van der Waals surface area (Å²) in [4.78, 5) is 46.7. The number of nitrogens with zero attached hydrogens (tertiary/aromatic N) is 2. The predicted octanol–water partition coefficient (Wildman–Crippen LogP) is 2.95. The number of benzene rings is 2. The predicted molar refractivity (Wildman–Crippen MR) is 120 cm³/mol. The Morgan fingerprint density at radius 2 is 1.72 bits per heavy atom. The SMILES string of the molecule is O=C(Nc1cccc(C(=O)NC2CCN(C(=O)C3CC3)CC2)c1)c1ccc2nc[nH]c2c1. The molecule has 1 aromatic heterocycles. The van der Waals surface area contributed by atoms with Gasteiger partial charge in [-0.1, -0.05) is 6.07 Å². The Hall–Kier alpha value is -3.68. The molecule has 2 fully saturated rings. The van der Waals surface area contributed by atoms with Crippen molar-refractivity contribution in [3.63, 3.8) is 0 Å². The van der Waals surface area contributed by atoms with E-state index in [0.29, 0.717) is 29.9 Å². The van der Waals surface area contributed by atoms with Crippen molar-refractivity contribution in [3.8, 4) is 0 Å². The zero-order valence-electron chi connectivity index (χ0n) is 17.6. The van der Waals surface area contributed by atoms with Gasteiger partial charge in [0.25, 0.3) is 11.8 Å². The summed E-state index contributed by atoms with van der Waals surface area (Å²) in [6, 6.07) is 12.2. The fourth-order valence-corrected chi connectivity index (χ4v) is 4.12. The van der Waals surface area contributed by atoms with Crippen molar-refractivity contribution in [2.75, 3.05) is 18.4 Å². The Balaban J connectivity index is 1.18. The summed E-state index contributed by atoms with van der Waals surface area (Å²) in [5.74, 6) is 0.0732. The summed E-state index contributed by atoms with van der Waals surface area (Å²) in [7, 11) is 0. The van der Waals surface area contributed by atoms with Gasteiger partial charge in [0.2, 0.25) is 5.91 Å². The van der Waals surface area contributed by atoms with Crippen LogP contribution in [0.5, 0.6) is 0 Å². The maximum Gasteiger partial charge on any atom is 0.255 e. The largest absolute Gasteiger partial charge is 0.349 e. The lowest BCUT2D eigenvalue weighted by molar-refractivity contribution is -0.133. The molecule has 5 rings (SSSR count). The number of likely N-dealkylation sites (tertiary alicyclic amines) is 1. The molecular formula is C24H25N5O3. The van der Waals surface area contributed by atoms with E-state index in [4.69, 9.17) is 0 Å². The summed E-state index contributed by atoms with van der Waals surface area (Å²) in [5.41, 5.74) is 3.13. The van der Waals surface area contributed by atoms with Gasteiger partial charge in [-0.2, -0.15) is 0 Å². The molecule has 0 radical (unpaired) electrons. The number of H-pyrrole nitrogens is 1. The quantitative estimate of drug-likeness (QED) is 0.577. The molecule has 0 spiro atoms. The molecule has 1 aliphatic carbocycles. The first-order chi connectivity index (χ1) is 15.6. The van der Waals surface area contributed by atoms with Crippen LogP contribution in [-0.2, 0) is 4.79 Å². The highest BCUT2D eigenvalue weighted by Gasteiger charge is 2.35. The molecule has 8 heteroatoms. The Bertz CT molecular complexity index is 1180. The highest BCUT2D eigenvalue weighted by molar-refractivity contribution is 6.06. The number of aromatic nitrogens is 2. The van der Waals surface area contributed by atoms with Crippen LogP contribution >= 0.6 is 0 Å². The van der Waals surface area contributed by atoms with Crippen LogP contribution in [0.15, 0.2) is 48.8 Å². The van der Waals surface area contributed by atoms with Crippen LogP contribution < -0.4 is 10.6 Å². The highest BCUT2D eigenvalue weighted by atomic mass is 16.2. The number of fused-ring (bicyclic) bond motifs is 1. The van der Waals surface area contributed by atoms with Crippen molar-refractivity contribution in [1.29, 1.82) is 0 Å². The van der Waals surface area contributed by atoms with Gasteiger partial charge < -0.3 is 20.5 Å². The number of hydrogen-bond donors (Lipinski definition) is 3. The van der Waals surface area contributed by atoms with Crippen molar-refractivity contribution >= 4 is 34.4 Å². The zero-order valence-corrected chi connectivity index (χ0v) is 17.6. The van der Waals surface area contributed by atoms with Gasteiger partial charge in [0.05, 0.1) is 17.4 Å². The molecule has 0 atom stereocenters. The smallest absolute Gasteiger partial charge is 0.255 e. The molecular weight excluding hydrogens is 406 g/mol. The first-order valence-corrected chi connectivity index (χ1v) is 11.0. The van der Waals surface area contributed by atoms with Crippen molar-refractivity contribution < 1.29 is 14.4 Å². The van der Waals surface area contributed by atoms with E-state index in [1.54, 1.807) is 48.8 Å². The van der Waals surface area contributed by atoms with E-state index < -0.39 is 0 Å². The Morgan fingerprint density at radius 1 is 0.938 bits per heavy atom. The fraction of sp³-hybridized carbons (Fsp3) is 0.333. The number of nitrogens with one attached hydrogen (secondary N) is 3. The second kappa shape index (κ2) is 8.45. The number of carbonyl (C=O) groups is 3. The van der Waals surface area contributed by atoms with Crippen molar-refractivity contribution in [2.45, 2.75) is 31.7 Å². The van der Waals surface area contributed by atoms with E-state index in [2.05, 4.69) is 20.6 Å². The minimum absolute atomic E-state index is 0.0464. The van der Waals surface area contributed by atoms with Gasteiger partial charge in [-0.3, -0.25) is 14.4 Å². The third-order valence-electron chi connectivity index (χ3n) is 6.13. The lowest BCUT2D eigenvalue weighted by Gasteiger charge is -2.32. The molecule has 3 amide bonds. The molecule has 3 N–H and O–H groups in total. The molecule has 32 heavy (non-hydrogen) atoms. The van der Waals surface area contributed by atoms with E-state index in [0.717, 1.165) is 36.7 Å². The standard InChI is InChI=1S/C24H25N5O3/c30-22(27-18-8-10-29(11-9-18)24(32)15-4-5-15)16-2-1-3-19(12-16)28-23(31)17-6-7-20-21(13-17)26-14-25-20/h1-3,6-7,12-15,18H,4-5,8-11H2,(H,25,26)(H,27,30)(H,28,31). The maximum absolute atomic E-state index is 12.8. The van der Waals surface area contributed by atoms with Crippen LogP contribution in [0.2, 0.25) is 0 Å². The first-order valence-electron chi connectivity index (χ1n) is 11.0. The van der Waals surface area contributed by atoms with Crippen molar-refractivity contribution in [3.05, 3.63) is 59.9 Å². The van der Waals surface area contributed by atoms with Crippen molar-refractivity contribution in [2.24, 2.45) is 5.92 Å². The summed E-state index contributed by atoms with van der Waals surface area (Å²) < 4.78 is 0. The van der Waals surface area contributed by atoms with Gasteiger partial charge in [0.15, 0.2) is 0 Å². The molecule has 2 aliphatic rings. The Kier molecular flexibility index (Phi) is 5.34. The van der Waals surface area contributed by atoms with Gasteiger partial charge in [-0.25, -0.2) is 4.98 Å². The van der Waals surface area contributed by atoms with E-state index in [-0.39, 0.29) is 29.7 Å². The third kappa shape index (κ3) is 4.34. The number of piperidine rings is 1. The lowest BCUT2D eigenvalue weighted by atomic mass is 10.0. The third-order valence-corrected chi connectivity index (χ3v) is 6.13. The van der Waals surface area contributed by atoms with Gasteiger partial charge >= 0.3 is 0 Å². The van der Waals surface area contributed by atoms with Gasteiger partial charge in [-0.05, 0) is 62.1 Å². The number of hydrogen-bond acceptors (Lipinski definition) is 4. The molecule has 164 valence electrons. The summed E-state index contributed by atoms with van der Waals surface area (Å²) in [6.45, 7) is 1.38. The minimum Gasteiger partial charge on any atom is -0.349 e. The van der Waals surface area contributed by atoms with Crippen LogP contribution in [0.4, 0.5) is 5.69 Å². The van der Waals surface area contributed by atoms with E-state index >= 15 is 0 Å². The van der Waals surface area contributed by atoms with E-state index in [1.165, 1.54) is 0 Å². The van der Waals surface area contributed by atoms with E-state index in [9.17, 15) is 14.4 Å². The molecule has 2 aromatic carbocycles. The van der Waals surface area contributed by atoms with E-state index in [1.807, 2.05) is 4.90 Å². The molecule has 1 saturated heterocycles. The Labute approximate surface area is 185 Å². The van der Waals surface area contributed by atoms with Crippen LogP contribution in [0, 0.1) is 5.92 Å². The second-order valence-corrected chi connectivity index (χ2v) is 8.52. The van der Waals surface area contributed by atoms with Crippen LogP contribution in [0.3, 0.4) is 0 Å². The van der Waals surface area contributed by atoms with Crippen LogP contribution in [0.1, 0.15) is 46.4 Å². The minimum atomic E-state index is -0.258. The number of carbonyl (C=O) groups excluding carboxylic acids is 3. The van der Waals surface area contributed by atoms with Gasteiger partial charge in [0.1, 0.15) is 0 Å². The fourth-order valence-electron chi connectivity index (χ4n) is 4.12. The van der Waals surface area contributed by atoms with Crippen LogP contribution in [-0.4, -0.2) is 51.7 Å². The second-order valence-electron chi connectivity index (χ2n) is 8.52. The number of amides is 3. The number of anilines is 1. The average Bonchev–Trinajstić information content (AvgIpc) is 3.56. The molecule has 2 heterocycles. The topological polar surface area (TPSA) is 107 Å². The zero-order chi connectivity index (χ0) is 22.1. The normalized spacial score (nSPS) is 16.7. The van der Waals surface area contributed by atoms with Gasteiger partial charge in [-0.15, -0.1) is 0 Å². The maximum atomic E-state index is 12.8. The van der Waals surface area contributed by atoms with Gasteiger partial charge in [0, 0.05) is 41.9 Å². The average molecular weight is 431 g/mol. The number of aromatic amines is 1. The van der Waals surface area contributed by atoms with Crippen LogP contribution in [0.25, 0.3) is 11.0 Å². The molecule has 1 saturated carbocycles. The molecule has 0 bridgehead atoms. The van der Waals surface area contributed by atoms with Crippen molar-refractivity contribution in [1.82, 2.24) is 20.2 Å². The Morgan fingerprint density at radius 3 is 2.50 bits per heavy atom. The molecule has 3 aromatic rings. The monoisotopic (exact) mass is 431 g/mol. The molecule has 0 unspecified atom stereocenters. The number of rotatable bonds is 5. The lowest BCUT2D eigenvalue weighted by Crippen LogP contribution is -2.47. The molecule has 8 nitrogen and oxygen atoms in total. The summed E-state index contributed by atoms with van der Waals surface area (Å²) in [5, 5.41) is 5.92. The summed E-state index contributed by atoms with van der Waals surface area (Å²) in [6.07, 6.45) is 5.14.